The van der Waals surface area contributed by atoms with Gasteiger partial charge in [0.2, 0.25) is 5.95 Å². The molecule has 0 aliphatic heterocycles. The minimum absolute atomic E-state index is 0.875. The Morgan fingerprint density at radius 2 is 2.07 bits per heavy atom. The number of anilines is 1. The molecule has 1 aliphatic carbocycles. The van der Waals surface area contributed by atoms with E-state index >= 15 is 0 Å². The van der Waals surface area contributed by atoms with Crippen molar-refractivity contribution < 1.29 is 0 Å². The first-order chi connectivity index (χ1) is 6.79. The summed E-state index contributed by atoms with van der Waals surface area (Å²) in [6.45, 7) is 4.28. The number of nitrogens with zero attached hydrogens (tertiary/aromatic N) is 3. The first-order valence-corrected chi connectivity index (χ1v) is 6.10. The standard InChI is InChI=1S/C10H14IN3/c1-2-14(7-8-3-4-8)10-12-5-9(11)6-13-10/h5-6,8H,2-4,7H2,1H3. The molecule has 0 bridgehead atoms. The Morgan fingerprint density at radius 1 is 1.43 bits per heavy atom. The molecule has 1 fully saturated rings. The van der Waals surface area contributed by atoms with Crippen molar-refractivity contribution in [1.82, 2.24) is 9.97 Å². The Hall–Kier alpha value is -0.390. The molecule has 1 aromatic rings. The van der Waals surface area contributed by atoms with Gasteiger partial charge < -0.3 is 4.90 Å². The molecule has 0 saturated heterocycles. The van der Waals surface area contributed by atoms with Gasteiger partial charge in [-0.25, -0.2) is 9.97 Å². The predicted octanol–water partition coefficient (Wildman–Crippen LogP) is 2.32. The average molecular weight is 303 g/mol. The Balaban J connectivity index is 2.05. The number of rotatable bonds is 4. The van der Waals surface area contributed by atoms with Gasteiger partial charge in [0.15, 0.2) is 0 Å². The minimum Gasteiger partial charge on any atom is -0.341 e. The molecule has 2 rings (SSSR count). The Morgan fingerprint density at radius 3 is 2.57 bits per heavy atom. The molecule has 1 saturated carbocycles. The third-order valence-electron chi connectivity index (χ3n) is 2.45. The van der Waals surface area contributed by atoms with Gasteiger partial charge in [-0.3, -0.25) is 0 Å². The summed E-state index contributed by atoms with van der Waals surface area (Å²) in [5, 5.41) is 0. The van der Waals surface area contributed by atoms with E-state index in [9.17, 15) is 0 Å². The van der Waals surface area contributed by atoms with Crippen LogP contribution in [0.4, 0.5) is 5.95 Å². The van der Waals surface area contributed by atoms with E-state index in [1.165, 1.54) is 12.8 Å². The number of hydrogen-bond acceptors (Lipinski definition) is 3. The normalized spacial score (nSPS) is 15.6. The van der Waals surface area contributed by atoms with E-state index < -0.39 is 0 Å². The highest BCUT2D eigenvalue weighted by Gasteiger charge is 2.24. The predicted molar refractivity (Wildman–Crippen MR) is 65.4 cm³/mol. The van der Waals surface area contributed by atoms with Crippen molar-refractivity contribution in [1.29, 1.82) is 0 Å². The highest BCUT2D eigenvalue weighted by Crippen LogP contribution is 2.30. The lowest BCUT2D eigenvalue weighted by Gasteiger charge is -2.19. The van der Waals surface area contributed by atoms with Crippen molar-refractivity contribution in [3.05, 3.63) is 16.0 Å². The molecule has 0 N–H and O–H groups in total. The van der Waals surface area contributed by atoms with E-state index in [4.69, 9.17) is 0 Å². The third-order valence-corrected chi connectivity index (χ3v) is 3.00. The fourth-order valence-corrected chi connectivity index (χ4v) is 1.71. The van der Waals surface area contributed by atoms with Gasteiger partial charge in [-0.15, -0.1) is 0 Å². The smallest absolute Gasteiger partial charge is 0.225 e. The van der Waals surface area contributed by atoms with Gasteiger partial charge in [0.1, 0.15) is 0 Å². The molecule has 0 aromatic carbocycles. The van der Waals surface area contributed by atoms with Gasteiger partial charge in [0, 0.05) is 29.1 Å². The van der Waals surface area contributed by atoms with Gasteiger partial charge in [-0.05, 0) is 48.3 Å². The van der Waals surface area contributed by atoms with Gasteiger partial charge >= 0.3 is 0 Å². The largest absolute Gasteiger partial charge is 0.341 e. The van der Waals surface area contributed by atoms with Crippen LogP contribution >= 0.6 is 22.6 Å². The molecule has 0 atom stereocenters. The molecule has 1 heterocycles. The van der Waals surface area contributed by atoms with Crippen molar-refractivity contribution in [3.8, 4) is 0 Å². The van der Waals surface area contributed by atoms with Crippen LogP contribution in [0.5, 0.6) is 0 Å². The summed E-state index contributed by atoms with van der Waals surface area (Å²) in [5.41, 5.74) is 0. The number of hydrogen-bond donors (Lipinski definition) is 0. The zero-order chi connectivity index (χ0) is 9.97. The fourth-order valence-electron chi connectivity index (χ4n) is 1.43. The maximum atomic E-state index is 4.34. The van der Waals surface area contributed by atoms with E-state index in [2.05, 4.69) is 44.4 Å². The Bertz CT molecular complexity index is 295. The van der Waals surface area contributed by atoms with Crippen LogP contribution < -0.4 is 4.90 Å². The number of halogens is 1. The fraction of sp³-hybridized carbons (Fsp3) is 0.600. The second kappa shape index (κ2) is 4.42. The van der Waals surface area contributed by atoms with Crippen LogP contribution in [0.1, 0.15) is 19.8 Å². The van der Waals surface area contributed by atoms with Crippen LogP contribution in [-0.4, -0.2) is 23.1 Å². The molecule has 1 aromatic heterocycles. The number of aromatic nitrogens is 2. The van der Waals surface area contributed by atoms with Crippen LogP contribution in [0.3, 0.4) is 0 Å². The molecule has 14 heavy (non-hydrogen) atoms. The Labute approximate surface area is 98.1 Å². The first kappa shape index (κ1) is 10.1. The van der Waals surface area contributed by atoms with Crippen molar-refractivity contribution in [3.63, 3.8) is 0 Å². The van der Waals surface area contributed by atoms with Crippen molar-refractivity contribution in [2.75, 3.05) is 18.0 Å². The van der Waals surface area contributed by atoms with Crippen LogP contribution in [0.2, 0.25) is 0 Å². The molecule has 76 valence electrons. The Kier molecular flexibility index (Phi) is 3.20. The zero-order valence-electron chi connectivity index (χ0n) is 8.28. The highest BCUT2D eigenvalue weighted by atomic mass is 127. The van der Waals surface area contributed by atoms with E-state index in [1.54, 1.807) is 0 Å². The van der Waals surface area contributed by atoms with Crippen LogP contribution in [-0.2, 0) is 0 Å². The topological polar surface area (TPSA) is 29.0 Å². The summed E-state index contributed by atoms with van der Waals surface area (Å²) >= 11 is 2.23. The maximum absolute atomic E-state index is 4.34. The molecule has 0 unspecified atom stereocenters. The SMILES string of the molecule is CCN(CC1CC1)c1ncc(I)cn1. The lowest BCUT2D eigenvalue weighted by molar-refractivity contribution is 0.719. The van der Waals surface area contributed by atoms with E-state index in [-0.39, 0.29) is 0 Å². The molecule has 3 nitrogen and oxygen atoms in total. The van der Waals surface area contributed by atoms with Gasteiger partial charge in [0.05, 0.1) is 0 Å². The first-order valence-electron chi connectivity index (χ1n) is 5.02. The maximum Gasteiger partial charge on any atom is 0.225 e. The third kappa shape index (κ3) is 2.56. The highest BCUT2D eigenvalue weighted by molar-refractivity contribution is 14.1. The summed E-state index contributed by atoms with van der Waals surface area (Å²) in [4.78, 5) is 10.9. The minimum atomic E-state index is 0.875. The lowest BCUT2D eigenvalue weighted by atomic mass is 10.4. The lowest BCUT2D eigenvalue weighted by Crippen LogP contribution is -2.27. The molecule has 0 amide bonds. The van der Waals surface area contributed by atoms with Crippen LogP contribution in [0.25, 0.3) is 0 Å². The van der Waals surface area contributed by atoms with Crippen LogP contribution in [0.15, 0.2) is 12.4 Å². The van der Waals surface area contributed by atoms with Gasteiger partial charge in [0.25, 0.3) is 0 Å². The van der Waals surface area contributed by atoms with E-state index in [0.29, 0.717) is 0 Å². The molecule has 1 aliphatic rings. The summed E-state index contributed by atoms with van der Waals surface area (Å²) in [6.07, 6.45) is 6.50. The molecular formula is C10H14IN3. The van der Waals surface area contributed by atoms with Gasteiger partial charge in [-0.2, -0.15) is 0 Å². The molecule has 4 heteroatoms. The zero-order valence-corrected chi connectivity index (χ0v) is 10.4. The van der Waals surface area contributed by atoms with E-state index in [0.717, 1.165) is 28.5 Å². The second-order valence-electron chi connectivity index (χ2n) is 3.68. The van der Waals surface area contributed by atoms with Crippen molar-refractivity contribution >= 4 is 28.5 Å². The summed E-state index contributed by atoms with van der Waals surface area (Å²) < 4.78 is 1.09. The molecule has 0 radical (unpaired) electrons. The van der Waals surface area contributed by atoms with Crippen LogP contribution in [0, 0.1) is 9.49 Å². The monoisotopic (exact) mass is 303 g/mol. The summed E-state index contributed by atoms with van der Waals surface area (Å²) in [6, 6.07) is 0. The molecular weight excluding hydrogens is 289 g/mol. The quantitative estimate of drug-likeness (QED) is 0.799. The molecule has 0 spiro atoms. The summed E-state index contributed by atoms with van der Waals surface area (Å²) in [7, 11) is 0. The van der Waals surface area contributed by atoms with Gasteiger partial charge in [-0.1, -0.05) is 0 Å². The van der Waals surface area contributed by atoms with Crippen molar-refractivity contribution in [2.45, 2.75) is 19.8 Å². The summed E-state index contributed by atoms with van der Waals surface area (Å²) in [5.74, 6) is 1.76. The average Bonchev–Trinajstić information content (AvgIpc) is 3.00. The van der Waals surface area contributed by atoms with Crippen molar-refractivity contribution in [2.24, 2.45) is 5.92 Å². The second-order valence-corrected chi connectivity index (χ2v) is 4.93. The van der Waals surface area contributed by atoms with E-state index in [1.807, 2.05) is 12.4 Å².